The van der Waals surface area contributed by atoms with E-state index >= 15 is 0 Å². The lowest BCUT2D eigenvalue weighted by Crippen LogP contribution is -2.55. The van der Waals surface area contributed by atoms with Crippen molar-refractivity contribution < 1.29 is 13.2 Å². The van der Waals surface area contributed by atoms with Crippen LogP contribution in [0.5, 0.6) is 0 Å². The molecule has 2 aromatic rings. The van der Waals surface area contributed by atoms with E-state index in [1.54, 1.807) is 5.38 Å². The van der Waals surface area contributed by atoms with Gasteiger partial charge in [-0.1, -0.05) is 28.1 Å². The van der Waals surface area contributed by atoms with E-state index in [1.807, 2.05) is 31.2 Å². The number of carbonyl (C=O) groups is 1. The van der Waals surface area contributed by atoms with Crippen LogP contribution in [0.4, 0.5) is 0 Å². The fourth-order valence-corrected chi connectivity index (χ4v) is 5.22. The number of carbonyl (C=O) groups excluding carboxylic acids is 1. The molecule has 128 valence electrons. The molecular weight excluding hydrogens is 414 g/mol. The fourth-order valence-electron chi connectivity index (χ4n) is 2.35. The van der Waals surface area contributed by atoms with E-state index in [2.05, 4.69) is 26.2 Å². The number of nitrogens with zero attached hydrogens (tertiary/aromatic N) is 2. The van der Waals surface area contributed by atoms with Crippen LogP contribution in [0.3, 0.4) is 0 Å². The van der Waals surface area contributed by atoms with Gasteiger partial charge in [0.1, 0.15) is 5.01 Å². The second-order valence-electron chi connectivity index (χ2n) is 5.41. The maximum Gasteiger partial charge on any atom is 0.261 e. The zero-order chi connectivity index (χ0) is 17.3. The van der Waals surface area contributed by atoms with Crippen LogP contribution >= 0.6 is 27.3 Å². The van der Waals surface area contributed by atoms with Gasteiger partial charge < -0.3 is 5.32 Å². The Balaban J connectivity index is 1.73. The molecule has 0 spiro atoms. The number of benzene rings is 1. The second kappa shape index (κ2) is 6.91. The first-order valence-corrected chi connectivity index (χ1v) is 10.5. The van der Waals surface area contributed by atoms with E-state index < -0.39 is 10.0 Å². The quantitative estimate of drug-likeness (QED) is 0.790. The molecule has 9 heteroatoms. The minimum Gasteiger partial charge on any atom is -0.356 e. The predicted octanol–water partition coefficient (Wildman–Crippen LogP) is 2.33. The number of rotatable bonds is 5. The van der Waals surface area contributed by atoms with Crippen LogP contribution < -0.4 is 5.32 Å². The van der Waals surface area contributed by atoms with E-state index in [0.717, 1.165) is 10.0 Å². The molecule has 0 unspecified atom stereocenters. The van der Waals surface area contributed by atoms with Crippen LogP contribution in [0, 0.1) is 5.92 Å². The van der Waals surface area contributed by atoms with Crippen LogP contribution in [-0.4, -0.2) is 43.2 Å². The molecule has 0 aliphatic carbocycles. The average molecular weight is 430 g/mol. The highest BCUT2D eigenvalue weighted by Gasteiger charge is 2.41. The highest BCUT2D eigenvalue weighted by Crippen LogP contribution is 2.30. The van der Waals surface area contributed by atoms with E-state index in [-0.39, 0.29) is 29.9 Å². The molecule has 1 N–H and O–H groups in total. The molecular formula is C15H16BrN3O3S2. The van der Waals surface area contributed by atoms with Crippen molar-refractivity contribution in [3.8, 4) is 10.6 Å². The predicted molar refractivity (Wildman–Crippen MR) is 96.2 cm³/mol. The number of aromatic nitrogens is 1. The Bertz CT molecular complexity index is 843. The van der Waals surface area contributed by atoms with Crippen molar-refractivity contribution in [1.29, 1.82) is 0 Å². The average Bonchev–Trinajstić information content (AvgIpc) is 2.97. The summed E-state index contributed by atoms with van der Waals surface area (Å²) in [5.41, 5.74) is 0.869. The van der Waals surface area contributed by atoms with Gasteiger partial charge in [-0.15, -0.1) is 11.3 Å². The summed E-state index contributed by atoms with van der Waals surface area (Å²) in [7, 11) is -3.64. The summed E-state index contributed by atoms with van der Waals surface area (Å²) in [4.78, 5) is 16.0. The third-order valence-electron chi connectivity index (χ3n) is 3.75. The Morgan fingerprint density at radius 2 is 2.04 bits per heavy atom. The summed E-state index contributed by atoms with van der Waals surface area (Å²) in [6.07, 6.45) is 0. The molecule has 1 aliphatic rings. The van der Waals surface area contributed by atoms with E-state index in [0.29, 0.717) is 11.6 Å². The van der Waals surface area contributed by atoms with Gasteiger partial charge >= 0.3 is 0 Å². The lowest BCUT2D eigenvalue weighted by molar-refractivity contribution is -0.128. The Kier molecular flexibility index (Phi) is 5.05. The van der Waals surface area contributed by atoms with Crippen LogP contribution in [0.2, 0.25) is 0 Å². The summed E-state index contributed by atoms with van der Waals surface area (Å²) in [5, 5.41) is 4.96. The molecule has 1 amide bonds. The molecule has 6 nitrogen and oxygen atoms in total. The maximum atomic E-state index is 12.6. The van der Waals surface area contributed by atoms with Gasteiger partial charge in [0.25, 0.3) is 10.0 Å². The molecule has 1 fully saturated rings. The van der Waals surface area contributed by atoms with Crippen molar-refractivity contribution in [2.24, 2.45) is 5.92 Å². The monoisotopic (exact) mass is 429 g/mol. The topological polar surface area (TPSA) is 79.4 Å². The van der Waals surface area contributed by atoms with Crippen molar-refractivity contribution in [3.63, 3.8) is 0 Å². The van der Waals surface area contributed by atoms with Gasteiger partial charge in [-0.05, 0) is 19.1 Å². The first-order valence-electron chi connectivity index (χ1n) is 7.41. The zero-order valence-corrected chi connectivity index (χ0v) is 16.1. The van der Waals surface area contributed by atoms with Crippen molar-refractivity contribution >= 4 is 43.2 Å². The molecule has 0 bridgehead atoms. The van der Waals surface area contributed by atoms with Gasteiger partial charge in [-0.3, -0.25) is 4.79 Å². The minimum absolute atomic E-state index is 0.0415. The minimum atomic E-state index is -3.64. The number of nitrogens with one attached hydrogen (secondary N) is 1. The molecule has 2 heterocycles. The van der Waals surface area contributed by atoms with Gasteiger partial charge in [0, 0.05) is 35.1 Å². The Hall–Kier alpha value is -1.29. The van der Waals surface area contributed by atoms with Crippen molar-refractivity contribution in [3.05, 3.63) is 34.1 Å². The van der Waals surface area contributed by atoms with Crippen LogP contribution in [-0.2, 0) is 14.8 Å². The largest absolute Gasteiger partial charge is 0.356 e. The van der Waals surface area contributed by atoms with Gasteiger partial charge in [0.15, 0.2) is 5.03 Å². The molecule has 1 aliphatic heterocycles. The number of amides is 1. The normalized spacial score (nSPS) is 15.9. The number of sulfonamides is 1. The summed E-state index contributed by atoms with van der Waals surface area (Å²) < 4.78 is 27.4. The Morgan fingerprint density at radius 3 is 2.67 bits per heavy atom. The summed E-state index contributed by atoms with van der Waals surface area (Å²) in [6.45, 7) is 2.80. The van der Waals surface area contributed by atoms with E-state index in [1.165, 1.54) is 15.6 Å². The molecule has 1 saturated heterocycles. The zero-order valence-electron chi connectivity index (χ0n) is 12.9. The first-order chi connectivity index (χ1) is 11.4. The third-order valence-corrected chi connectivity index (χ3v) is 7.03. The van der Waals surface area contributed by atoms with Crippen LogP contribution in [0.15, 0.2) is 39.1 Å². The van der Waals surface area contributed by atoms with Crippen LogP contribution in [0.25, 0.3) is 10.6 Å². The molecule has 0 saturated carbocycles. The second-order valence-corrected chi connectivity index (χ2v) is 9.07. The Labute approximate surface area is 153 Å². The smallest absolute Gasteiger partial charge is 0.261 e. The van der Waals surface area contributed by atoms with Crippen molar-refractivity contribution in [2.45, 2.75) is 11.9 Å². The number of hydrogen-bond acceptors (Lipinski definition) is 5. The van der Waals surface area contributed by atoms with E-state index in [9.17, 15) is 13.2 Å². The number of thiazole rings is 1. The lowest BCUT2D eigenvalue weighted by atomic mass is 10.0. The highest BCUT2D eigenvalue weighted by atomic mass is 79.9. The summed E-state index contributed by atoms with van der Waals surface area (Å²) >= 11 is 4.66. The van der Waals surface area contributed by atoms with Crippen LogP contribution in [0.1, 0.15) is 6.92 Å². The standard InChI is InChI=1S/C15H16BrN3O3S2/c1-2-17-14(20)11-7-19(8-11)24(21,22)13-9-23-15(18-13)10-3-5-12(16)6-4-10/h3-6,9,11H,2,7-8H2,1H3,(H,17,20). The summed E-state index contributed by atoms with van der Waals surface area (Å²) in [6, 6.07) is 7.54. The number of hydrogen-bond donors (Lipinski definition) is 1. The molecule has 24 heavy (non-hydrogen) atoms. The van der Waals surface area contributed by atoms with Gasteiger partial charge in [-0.2, -0.15) is 4.31 Å². The molecule has 0 atom stereocenters. The maximum absolute atomic E-state index is 12.6. The molecule has 3 rings (SSSR count). The highest BCUT2D eigenvalue weighted by molar-refractivity contribution is 9.10. The van der Waals surface area contributed by atoms with E-state index in [4.69, 9.17) is 0 Å². The van der Waals surface area contributed by atoms with Crippen molar-refractivity contribution in [2.75, 3.05) is 19.6 Å². The first kappa shape index (κ1) is 17.5. The SMILES string of the molecule is CCNC(=O)C1CN(S(=O)(=O)c2csc(-c3ccc(Br)cc3)n2)C1. The van der Waals surface area contributed by atoms with Gasteiger partial charge in [0.05, 0.1) is 5.92 Å². The summed E-state index contributed by atoms with van der Waals surface area (Å²) in [5.74, 6) is -0.373. The fraction of sp³-hybridized carbons (Fsp3) is 0.333. The Morgan fingerprint density at radius 1 is 1.38 bits per heavy atom. The van der Waals surface area contributed by atoms with Gasteiger partial charge in [0.2, 0.25) is 5.91 Å². The molecule has 1 aromatic carbocycles. The van der Waals surface area contributed by atoms with Gasteiger partial charge in [-0.25, -0.2) is 13.4 Å². The third kappa shape index (κ3) is 3.39. The molecule has 0 radical (unpaired) electrons. The molecule has 1 aromatic heterocycles. The lowest BCUT2D eigenvalue weighted by Gasteiger charge is -2.36. The van der Waals surface area contributed by atoms with Crippen molar-refractivity contribution in [1.82, 2.24) is 14.6 Å². The number of halogens is 1.